The lowest BCUT2D eigenvalue weighted by molar-refractivity contribution is -0.116. The lowest BCUT2D eigenvalue weighted by atomic mass is 10.1. The summed E-state index contributed by atoms with van der Waals surface area (Å²) in [4.78, 5) is 30.8. The predicted molar refractivity (Wildman–Crippen MR) is 127 cm³/mol. The lowest BCUT2D eigenvalue weighted by Gasteiger charge is -2.15. The maximum Gasteiger partial charge on any atom is 0.255 e. The number of hydrogen-bond donors (Lipinski definition) is 1. The quantitative estimate of drug-likeness (QED) is 0.500. The van der Waals surface area contributed by atoms with Crippen LogP contribution in [0.4, 0.5) is 11.4 Å². The van der Waals surface area contributed by atoms with E-state index in [0.29, 0.717) is 30.2 Å². The molecule has 5 rings (SSSR count). The number of rotatable bonds is 5. The fraction of sp³-hybridized carbons (Fsp3) is 0.192. The van der Waals surface area contributed by atoms with Crippen molar-refractivity contribution in [3.05, 3.63) is 89.4 Å². The van der Waals surface area contributed by atoms with Crippen molar-refractivity contribution in [3.63, 3.8) is 0 Å². The van der Waals surface area contributed by atoms with Crippen molar-refractivity contribution in [2.45, 2.75) is 26.9 Å². The number of ether oxygens (including phenoxy) is 1. The molecule has 0 saturated carbocycles. The van der Waals surface area contributed by atoms with E-state index >= 15 is 0 Å². The molecule has 33 heavy (non-hydrogen) atoms. The number of pyridine rings is 1. The van der Waals surface area contributed by atoms with E-state index in [2.05, 4.69) is 10.3 Å². The minimum Gasteiger partial charge on any atom is -0.487 e. The largest absolute Gasteiger partial charge is 0.487 e. The second-order valence-corrected chi connectivity index (χ2v) is 8.19. The van der Waals surface area contributed by atoms with Gasteiger partial charge in [-0.3, -0.25) is 9.59 Å². The first kappa shape index (κ1) is 20.8. The SMILES string of the molecule is CC(=O)N1CCc2cc(NC(=O)c3ccc(OCc4cn5cccc(C)c5n4)cc3)ccc21. The summed E-state index contributed by atoms with van der Waals surface area (Å²) in [5.41, 5.74) is 6.10. The minimum absolute atomic E-state index is 0.0316. The van der Waals surface area contributed by atoms with Gasteiger partial charge >= 0.3 is 0 Å². The van der Waals surface area contributed by atoms with Crippen LogP contribution in [-0.2, 0) is 17.8 Å². The van der Waals surface area contributed by atoms with Gasteiger partial charge < -0.3 is 19.4 Å². The van der Waals surface area contributed by atoms with E-state index in [1.165, 1.54) is 0 Å². The number of anilines is 2. The van der Waals surface area contributed by atoms with Crippen LogP contribution in [0, 0.1) is 6.92 Å². The molecule has 4 aromatic rings. The normalized spacial score (nSPS) is 12.6. The third-order valence-electron chi connectivity index (χ3n) is 5.84. The summed E-state index contributed by atoms with van der Waals surface area (Å²) in [5.74, 6) is 0.505. The van der Waals surface area contributed by atoms with Gasteiger partial charge in [-0.25, -0.2) is 4.98 Å². The molecule has 1 aliphatic rings. The second kappa shape index (κ2) is 8.43. The number of carbonyl (C=O) groups excluding carboxylic acids is 2. The zero-order valence-corrected chi connectivity index (χ0v) is 18.5. The molecule has 7 nitrogen and oxygen atoms in total. The molecular formula is C26H24N4O3. The zero-order valence-electron chi connectivity index (χ0n) is 18.5. The van der Waals surface area contributed by atoms with E-state index in [9.17, 15) is 9.59 Å². The zero-order chi connectivity index (χ0) is 22.9. The molecule has 7 heteroatoms. The number of nitrogens with zero attached hydrogens (tertiary/aromatic N) is 3. The molecule has 0 saturated heterocycles. The van der Waals surface area contributed by atoms with Crippen LogP contribution >= 0.6 is 0 Å². The highest BCUT2D eigenvalue weighted by molar-refractivity contribution is 6.04. The Kier molecular flexibility index (Phi) is 5.30. The van der Waals surface area contributed by atoms with Crippen LogP contribution in [0.5, 0.6) is 5.75 Å². The van der Waals surface area contributed by atoms with E-state index in [1.54, 1.807) is 36.1 Å². The molecular weight excluding hydrogens is 416 g/mol. The highest BCUT2D eigenvalue weighted by Crippen LogP contribution is 2.30. The Morgan fingerprint density at radius 1 is 1.12 bits per heavy atom. The predicted octanol–water partition coefficient (Wildman–Crippen LogP) is 4.38. The number of aryl methyl sites for hydroxylation is 1. The van der Waals surface area contributed by atoms with Crippen LogP contribution in [0.2, 0.25) is 0 Å². The number of carbonyl (C=O) groups is 2. The Morgan fingerprint density at radius 2 is 1.94 bits per heavy atom. The molecule has 0 aliphatic carbocycles. The van der Waals surface area contributed by atoms with E-state index < -0.39 is 0 Å². The molecule has 1 N–H and O–H groups in total. The second-order valence-electron chi connectivity index (χ2n) is 8.19. The van der Waals surface area contributed by atoms with Crippen molar-refractivity contribution in [1.29, 1.82) is 0 Å². The number of fused-ring (bicyclic) bond motifs is 2. The average molecular weight is 441 g/mol. The summed E-state index contributed by atoms with van der Waals surface area (Å²) >= 11 is 0. The molecule has 1 aliphatic heterocycles. The van der Waals surface area contributed by atoms with E-state index in [4.69, 9.17) is 4.74 Å². The number of benzene rings is 2. The fourth-order valence-corrected chi connectivity index (χ4v) is 4.14. The molecule has 2 amide bonds. The third kappa shape index (κ3) is 4.17. The van der Waals surface area contributed by atoms with Crippen molar-refractivity contribution in [3.8, 4) is 5.75 Å². The molecule has 0 spiro atoms. The Hall–Kier alpha value is -4.13. The first-order chi connectivity index (χ1) is 16.0. The summed E-state index contributed by atoms with van der Waals surface area (Å²) in [5, 5.41) is 2.93. The maximum absolute atomic E-state index is 12.7. The molecule has 0 unspecified atom stereocenters. The Bertz CT molecular complexity index is 1360. The minimum atomic E-state index is -0.196. The van der Waals surface area contributed by atoms with Crippen LogP contribution in [0.1, 0.15) is 34.1 Å². The van der Waals surface area contributed by atoms with Crippen molar-refractivity contribution in [2.75, 3.05) is 16.8 Å². The van der Waals surface area contributed by atoms with Crippen LogP contribution in [-0.4, -0.2) is 27.7 Å². The third-order valence-corrected chi connectivity index (χ3v) is 5.84. The van der Waals surface area contributed by atoms with Gasteiger partial charge in [0.15, 0.2) is 0 Å². The lowest BCUT2D eigenvalue weighted by Crippen LogP contribution is -2.25. The Labute approximate surface area is 191 Å². The van der Waals surface area contributed by atoms with Gasteiger partial charge in [-0.1, -0.05) is 6.07 Å². The van der Waals surface area contributed by atoms with Gasteiger partial charge in [-0.15, -0.1) is 0 Å². The average Bonchev–Trinajstić information content (AvgIpc) is 3.42. The van der Waals surface area contributed by atoms with Crippen molar-refractivity contribution >= 4 is 28.8 Å². The van der Waals surface area contributed by atoms with E-state index in [-0.39, 0.29) is 11.8 Å². The number of imidazole rings is 1. The van der Waals surface area contributed by atoms with Gasteiger partial charge in [-0.05, 0) is 73.0 Å². The molecule has 0 atom stereocenters. The van der Waals surface area contributed by atoms with Crippen molar-refractivity contribution in [1.82, 2.24) is 9.38 Å². The fourth-order valence-electron chi connectivity index (χ4n) is 4.14. The smallest absolute Gasteiger partial charge is 0.255 e. The molecule has 166 valence electrons. The Morgan fingerprint density at radius 3 is 2.70 bits per heavy atom. The Balaban J connectivity index is 1.21. The van der Waals surface area contributed by atoms with Crippen molar-refractivity contribution < 1.29 is 14.3 Å². The summed E-state index contributed by atoms with van der Waals surface area (Å²) in [6, 6.07) is 16.7. The number of nitrogens with one attached hydrogen (secondary N) is 1. The number of amides is 2. The maximum atomic E-state index is 12.7. The summed E-state index contributed by atoms with van der Waals surface area (Å²) in [6.07, 6.45) is 4.71. The van der Waals surface area contributed by atoms with Crippen LogP contribution in [0.15, 0.2) is 67.0 Å². The molecule has 0 bridgehead atoms. The molecule has 0 fully saturated rings. The van der Waals surface area contributed by atoms with E-state index in [1.807, 2.05) is 54.0 Å². The molecule has 0 radical (unpaired) electrons. The van der Waals surface area contributed by atoms with Gasteiger partial charge in [0.2, 0.25) is 5.91 Å². The molecule has 2 aromatic carbocycles. The molecule has 2 aromatic heterocycles. The first-order valence-electron chi connectivity index (χ1n) is 10.9. The topological polar surface area (TPSA) is 75.9 Å². The van der Waals surface area contributed by atoms with E-state index in [0.717, 1.165) is 34.6 Å². The van der Waals surface area contributed by atoms with Crippen LogP contribution in [0.3, 0.4) is 0 Å². The van der Waals surface area contributed by atoms with Crippen LogP contribution in [0.25, 0.3) is 5.65 Å². The van der Waals surface area contributed by atoms with Gasteiger partial charge in [0.1, 0.15) is 18.0 Å². The number of hydrogen-bond acceptors (Lipinski definition) is 4. The van der Waals surface area contributed by atoms with Gasteiger partial charge in [0, 0.05) is 42.8 Å². The van der Waals surface area contributed by atoms with Crippen LogP contribution < -0.4 is 15.0 Å². The van der Waals surface area contributed by atoms with Gasteiger partial charge in [-0.2, -0.15) is 0 Å². The summed E-state index contributed by atoms with van der Waals surface area (Å²) in [6.45, 7) is 4.62. The van der Waals surface area contributed by atoms with Gasteiger partial charge in [0.05, 0.1) is 5.69 Å². The number of aromatic nitrogens is 2. The monoisotopic (exact) mass is 440 g/mol. The first-order valence-corrected chi connectivity index (χ1v) is 10.9. The summed E-state index contributed by atoms with van der Waals surface area (Å²) < 4.78 is 7.84. The summed E-state index contributed by atoms with van der Waals surface area (Å²) in [7, 11) is 0. The highest BCUT2D eigenvalue weighted by atomic mass is 16.5. The standard InChI is InChI=1S/C26H24N4O3/c1-17-4-3-12-29-15-22(27-25(17)29)16-33-23-8-5-19(6-9-23)26(32)28-21-7-10-24-20(14-21)11-13-30(24)18(2)31/h3-10,12,14-15H,11,13,16H2,1-2H3,(H,28,32). The van der Waals surface area contributed by atoms with Gasteiger partial charge in [0.25, 0.3) is 5.91 Å². The molecule has 3 heterocycles. The highest BCUT2D eigenvalue weighted by Gasteiger charge is 2.22. The van der Waals surface area contributed by atoms with Crippen molar-refractivity contribution in [2.24, 2.45) is 0 Å².